The minimum absolute atomic E-state index is 0.528. The number of halogens is 2. The van der Waals surface area contributed by atoms with E-state index in [-0.39, 0.29) is 0 Å². The first-order valence-corrected chi connectivity index (χ1v) is 8.15. The van der Waals surface area contributed by atoms with Gasteiger partial charge in [-0.3, -0.25) is 0 Å². The molecule has 19 heavy (non-hydrogen) atoms. The topological polar surface area (TPSA) is 15.3 Å². The molecule has 2 rings (SSSR count). The Bertz CT molecular complexity index is 436. The first kappa shape index (κ1) is 15.1. The van der Waals surface area contributed by atoms with Crippen LogP contribution in [0.4, 0.5) is 5.69 Å². The van der Waals surface area contributed by atoms with Crippen molar-refractivity contribution in [1.29, 1.82) is 0 Å². The number of benzene rings is 1. The predicted octanol–water partition coefficient (Wildman–Crippen LogP) is 4.32. The van der Waals surface area contributed by atoms with E-state index in [1.165, 1.54) is 5.69 Å². The molecule has 2 atom stereocenters. The summed E-state index contributed by atoms with van der Waals surface area (Å²) in [6.07, 6.45) is 1.16. The zero-order chi connectivity index (χ0) is 14.0. The molecule has 0 spiro atoms. The molecular weight excluding hydrogens is 324 g/mol. The maximum absolute atomic E-state index is 6.05. The highest BCUT2D eigenvalue weighted by molar-refractivity contribution is 9.10. The summed E-state index contributed by atoms with van der Waals surface area (Å²) in [6.45, 7) is 8.91. The molecule has 4 heteroatoms. The van der Waals surface area contributed by atoms with Crippen LogP contribution in [0.25, 0.3) is 0 Å². The van der Waals surface area contributed by atoms with E-state index < -0.39 is 0 Å². The molecule has 1 aliphatic heterocycles. The van der Waals surface area contributed by atoms with Gasteiger partial charge in [-0.1, -0.05) is 32.4 Å². The van der Waals surface area contributed by atoms with E-state index in [4.69, 9.17) is 11.6 Å². The first-order chi connectivity index (χ1) is 9.02. The normalized spacial score (nSPS) is 24.0. The van der Waals surface area contributed by atoms with Gasteiger partial charge in [0.2, 0.25) is 0 Å². The largest absolute Gasteiger partial charge is 0.365 e. The minimum atomic E-state index is 0.528. The van der Waals surface area contributed by atoms with Gasteiger partial charge in [-0.15, -0.1) is 0 Å². The Morgan fingerprint density at radius 1 is 1.47 bits per heavy atom. The van der Waals surface area contributed by atoms with Crippen molar-refractivity contribution in [1.82, 2.24) is 5.32 Å². The number of piperazine rings is 1. The molecule has 0 aliphatic carbocycles. The summed E-state index contributed by atoms with van der Waals surface area (Å²) < 4.78 is 1.09. The van der Waals surface area contributed by atoms with E-state index in [2.05, 4.69) is 53.0 Å². The van der Waals surface area contributed by atoms with Crippen molar-refractivity contribution in [2.24, 2.45) is 5.92 Å². The van der Waals surface area contributed by atoms with Crippen LogP contribution in [0.15, 0.2) is 22.7 Å². The third kappa shape index (κ3) is 3.45. The summed E-state index contributed by atoms with van der Waals surface area (Å²) in [4.78, 5) is 2.52. The number of nitrogens with one attached hydrogen (secondary N) is 1. The summed E-state index contributed by atoms with van der Waals surface area (Å²) in [6, 6.07) is 7.18. The molecule has 1 aromatic carbocycles. The Hall–Kier alpha value is -0.250. The van der Waals surface area contributed by atoms with Crippen LogP contribution in [-0.4, -0.2) is 25.2 Å². The second kappa shape index (κ2) is 6.47. The summed E-state index contributed by atoms with van der Waals surface area (Å²) in [5.41, 5.74) is 1.25. The van der Waals surface area contributed by atoms with E-state index in [9.17, 15) is 0 Å². The molecular formula is C15H22BrClN2. The summed E-state index contributed by atoms with van der Waals surface area (Å²) in [5, 5.41) is 4.42. The van der Waals surface area contributed by atoms with E-state index >= 15 is 0 Å². The van der Waals surface area contributed by atoms with Crippen LogP contribution in [-0.2, 0) is 0 Å². The molecule has 0 aromatic heterocycles. The lowest BCUT2D eigenvalue weighted by Gasteiger charge is -2.44. The number of hydrogen-bond donors (Lipinski definition) is 1. The van der Waals surface area contributed by atoms with Crippen molar-refractivity contribution >= 4 is 33.2 Å². The van der Waals surface area contributed by atoms with Gasteiger partial charge < -0.3 is 10.2 Å². The monoisotopic (exact) mass is 344 g/mol. The van der Waals surface area contributed by atoms with Gasteiger partial charge in [-0.2, -0.15) is 0 Å². The number of nitrogens with zero attached hydrogens (tertiary/aromatic N) is 1. The van der Waals surface area contributed by atoms with Crippen LogP contribution in [0, 0.1) is 5.92 Å². The molecule has 1 saturated heterocycles. The quantitative estimate of drug-likeness (QED) is 0.878. The maximum Gasteiger partial charge on any atom is 0.0515 e. The van der Waals surface area contributed by atoms with E-state index in [0.717, 1.165) is 29.0 Å². The number of rotatable bonds is 3. The fourth-order valence-electron chi connectivity index (χ4n) is 2.70. The lowest BCUT2D eigenvalue weighted by atomic mass is 9.97. The van der Waals surface area contributed by atoms with Crippen molar-refractivity contribution in [3.05, 3.63) is 27.7 Å². The Balaban J connectivity index is 2.30. The highest BCUT2D eigenvalue weighted by Crippen LogP contribution is 2.33. The summed E-state index contributed by atoms with van der Waals surface area (Å²) >= 11 is 9.70. The Morgan fingerprint density at radius 3 is 2.79 bits per heavy atom. The summed E-state index contributed by atoms with van der Waals surface area (Å²) in [5.74, 6) is 0.618. The van der Waals surface area contributed by atoms with Crippen LogP contribution < -0.4 is 10.2 Å². The van der Waals surface area contributed by atoms with Gasteiger partial charge in [0.05, 0.1) is 5.69 Å². The van der Waals surface area contributed by atoms with Gasteiger partial charge in [-0.25, -0.2) is 0 Å². The second-order valence-corrected chi connectivity index (χ2v) is 6.86. The fourth-order valence-corrected chi connectivity index (χ4v) is 3.61. The molecule has 0 radical (unpaired) electrons. The zero-order valence-electron chi connectivity index (χ0n) is 11.8. The average molecular weight is 346 g/mol. The van der Waals surface area contributed by atoms with Crippen LogP contribution in [0.5, 0.6) is 0 Å². The molecule has 0 bridgehead atoms. The van der Waals surface area contributed by atoms with Gasteiger partial charge in [0.1, 0.15) is 0 Å². The number of hydrogen-bond acceptors (Lipinski definition) is 2. The fraction of sp³-hybridized carbons (Fsp3) is 0.600. The van der Waals surface area contributed by atoms with Gasteiger partial charge in [0.15, 0.2) is 0 Å². The number of anilines is 1. The molecule has 106 valence electrons. The van der Waals surface area contributed by atoms with E-state index in [1.807, 2.05) is 12.1 Å². The van der Waals surface area contributed by atoms with Crippen molar-refractivity contribution in [3.63, 3.8) is 0 Å². The van der Waals surface area contributed by atoms with Crippen LogP contribution >= 0.6 is 27.5 Å². The van der Waals surface area contributed by atoms with Crippen molar-refractivity contribution < 1.29 is 0 Å². The van der Waals surface area contributed by atoms with Crippen molar-refractivity contribution in [3.8, 4) is 0 Å². The van der Waals surface area contributed by atoms with Crippen LogP contribution in [0.1, 0.15) is 27.2 Å². The zero-order valence-corrected chi connectivity index (χ0v) is 14.1. The molecule has 0 amide bonds. The van der Waals surface area contributed by atoms with Gasteiger partial charge in [0, 0.05) is 34.7 Å². The molecule has 1 aromatic rings. The SMILES string of the molecule is CCC1CN(c2ccc(Cl)cc2Br)C(C(C)C)CN1. The Morgan fingerprint density at radius 2 is 2.21 bits per heavy atom. The third-order valence-electron chi connectivity index (χ3n) is 3.91. The minimum Gasteiger partial charge on any atom is -0.365 e. The molecule has 1 N–H and O–H groups in total. The molecule has 0 saturated carbocycles. The Labute approximate surface area is 129 Å². The van der Waals surface area contributed by atoms with E-state index in [0.29, 0.717) is 18.0 Å². The smallest absolute Gasteiger partial charge is 0.0515 e. The second-order valence-electron chi connectivity index (χ2n) is 5.57. The highest BCUT2D eigenvalue weighted by atomic mass is 79.9. The van der Waals surface area contributed by atoms with Crippen molar-refractivity contribution in [2.45, 2.75) is 39.3 Å². The molecule has 1 fully saturated rings. The Kier molecular flexibility index (Phi) is 5.15. The van der Waals surface area contributed by atoms with Gasteiger partial charge in [0.25, 0.3) is 0 Å². The highest BCUT2D eigenvalue weighted by Gasteiger charge is 2.30. The van der Waals surface area contributed by atoms with Crippen LogP contribution in [0.3, 0.4) is 0 Å². The standard InChI is InChI=1S/C15H22BrClN2/c1-4-12-9-19(15(8-18-12)10(2)3)14-6-5-11(17)7-13(14)16/h5-7,10,12,15,18H,4,8-9H2,1-3H3. The average Bonchev–Trinajstić information content (AvgIpc) is 2.38. The third-order valence-corrected chi connectivity index (χ3v) is 4.78. The van der Waals surface area contributed by atoms with Crippen molar-refractivity contribution in [2.75, 3.05) is 18.0 Å². The van der Waals surface area contributed by atoms with Gasteiger partial charge >= 0.3 is 0 Å². The molecule has 2 nitrogen and oxygen atoms in total. The summed E-state index contributed by atoms with van der Waals surface area (Å²) in [7, 11) is 0. The lowest BCUT2D eigenvalue weighted by molar-refractivity contribution is 0.333. The molecule has 1 aliphatic rings. The predicted molar refractivity (Wildman–Crippen MR) is 87.2 cm³/mol. The van der Waals surface area contributed by atoms with E-state index in [1.54, 1.807) is 0 Å². The van der Waals surface area contributed by atoms with Gasteiger partial charge in [-0.05, 0) is 46.5 Å². The first-order valence-electron chi connectivity index (χ1n) is 6.98. The molecule has 2 unspecified atom stereocenters. The molecule has 1 heterocycles. The van der Waals surface area contributed by atoms with Crippen LogP contribution in [0.2, 0.25) is 5.02 Å². The lowest BCUT2D eigenvalue weighted by Crippen LogP contribution is -2.58. The maximum atomic E-state index is 6.05.